The van der Waals surface area contributed by atoms with E-state index in [9.17, 15) is 5.11 Å². The van der Waals surface area contributed by atoms with Gasteiger partial charge in [0.1, 0.15) is 0 Å². The van der Waals surface area contributed by atoms with Gasteiger partial charge >= 0.3 is 0 Å². The minimum Gasteiger partial charge on any atom is -0.390 e. The summed E-state index contributed by atoms with van der Waals surface area (Å²) in [6, 6.07) is 9.98. The third kappa shape index (κ3) is 3.53. The molecule has 1 aromatic rings. The molecule has 18 heavy (non-hydrogen) atoms. The highest BCUT2D eigenvalue weighted by molar-refractivity contribution is 5.13. The van der Waals surface area contributed by atoms with Gasteiger partial charge in [-0.2, -0.15) is 0 Å². The van der Waals surface area contributed by atoms with Crippen molar-refractivity contribution in [2.75, 3.05) is 26.9 Å². The molecule has 2 rings (SSSR count). The SMILES string of the molecule is COC[C@H](OCc1ccccc1)[C@@H]1COC[C@@H]1O. The number of rotatable bonds is 6. The van der Waals surface area contributed by atoms with Crippen LogP contribution in [-0.4, -0.2) is 44.2 Å². The molecule has 100 valence electrons. The zero-order valence-electron chi connectivity index (χ0n) is 10.6. The lowest BCUT2D eigenvalue weighted by molar-refractivity contribution is -0.0643. The Labute approximate surface area is 107 Å². The van der Waals surface area contributed by atoms with Gasteiger partial charge in [0.15, 0.2) is 0 Å². The van der Waals surface area contributed by atoms with Crippen LogP contribution in [0.5, 0.6) is 0 Å². The summed E-state index contributed by atoms with van der Waals surface area (Å²) in [5.41, 5.74) is 1.12. The average Bonchev–Trinajstić information content (AvgIpc) is 2.82. The van der Waals surface area contributed by atoms with Crippen LogP contribution >= 0.6 is 0 Å². The molecule has 1 heterocycles. The van der Waals surface area contributed by atoms with E-state index in [4.69, 9.17) is 14.2 Å². The van der Waals surface area contributed by atoms with E-state index in [0.717, 1.165) is 5.56 Å². The molecule has 4 nitrogen and oxygen atoms in total. The summed E-state index contributed by atoms with van der Waals surface area (Å²) >= 11 is 0. The summed E-state index contributed by atoms with van der Waals surface area (Å²) in [4.78, 5) is 0. The highest BCUT2D eigenvalue weighted by Gasteiger charge is 2.34. The third-order valence-electron chi connectivity index (χ3n) is 3.21. The topological polar surface area (TPSA) is 47.9 Å². The Bertz CT molecular complexity index is 341. The van der Waals surface area contributed by atoms with Crippen LogP contribution < -0.4 is 0 Å². The van der Waals surface area contributed by atoms with Gasteiger partial charge in [0.2, 0.25) is 0 Å². The number of aliphatic hydroxyl groups excluding tert-OH is 1. The van der Waals surface area contributed by atoms with Crippen LogP contribution in [0.15, 0.2) is 30.3 Å². The quantitative estimate of drug-likeness (QED) is 0.827. The zero-order valence-corrected chi connectivity index (χ0v) is 10.6. The van der Waals surface area contributed by atoms with Crippen LogP contribution in [0.4, 0.5) is 0 Å². The zero-order chi connectivity index (χ0) is 12.8. The molecule has 4 heteroatoms. The number of methoxy groups -OCH3 is 1. The number of hydrogen-bond donors (Lipinski definition) is 1. The molecule has 1 saturated heterocycles. The van der Waals surface area contributed by atoms with Crippen molar-refractivity contribution in [1.29, 1.82) is 0 Å². The Hall–Kier alpha value is -0.940. The van der Waals surface area contributed by atoms with Crippen LogP contribution in [0, 0.1) is 5.92 Å². The number of hydrogen-bond acceptors (Lipinski definition) is 4. The maximum atomic E-state index is 9.82. The van der Waals surface area contributed by atoms with Crippen LogP contribution in [-0.2, 0) is 20.8 Å². The van der Waals surface area contributed by atoms with Crippen LogP contribution in [0.3, 0.4) is 0 Å². The standard InChI is InChI=1S/C14H20O4/c1-16-10-14(12-8-17-9-13(12)15)18-7-11-5-3-2-4-6-11/h2-6,12-15H,7-10H2,1H3/t12-,13+,14+/m1/s1. The van der Waals surface area contributed by atoms with E-state index in [-0.39, 0.29) is 12.0 Å². The molecule has 1 fully saturated rings. The van der Waals surface area contributed by atoms with Crippen molar-refractivity contribution in [2.24, 2.45) is 5.92 Å². The second-order valence-corrected chi connectivity index (χ2v) is 4.56. The molecule has 0 bridgehead atoms. The Balaban J connectivity index is 1.90. The largest absolute Gasteiger partial charge is 0.390 e. The second kappa shape index (κ2) is 6.85. The first-order chi connectivity index (χ1) is 8.81. The van der Waals surface area contributed by atoms with Gasteiger partial charge in [-0.05, 0) is 5.56 Å². The van der Waals surface area contributed by atoms with Gasteiger partial charge in [-0.15, -0.1) is 0 Å². The molecule has 0 aromatic heterocycles. The van der Waals surface area contributed by atoms with Gasteiger partial charge in [-0.3, -0.25) is 0 Å². The molecular weight excluding hydrogens is 232 g/mol. The molecule has 0 saturated carbocycles. The summed E-state index contributed by atoms with van der Waals surface area (Å²) in [6.07, 6.45) is -0.589. The van der Waals surface area contributed by atoms with Crippen molar-refractivity contribution < 1.29 is 19.3 Å². The predicted molar refractivity (Wildman–Crippen MR) is 67.2 cm³/mol. The highest BCUT2D eigenvalue weighted by Crippen LogP contribution is 2.21. The fourth-order valence-electron chi connectivity index (χ4n) is 2.15. The van der Waals surface area contributed by atoms with E-state index in [2.05, 4.69) is 0 Å². The van der Waals surface area contributed by atoms with Crippen LogP contribution in [0.25, 0.3) is 0 Å². The Morgan fingerprint density at radius 2 is 2.11 bits per heavy atom. The first-order valence-electron chi connectivity index (χ1n) is 6.21. The molecule has 3 atom stereocenters. The van der Waals surface area contributed by atoms with Gasteiger partial charge in [0.05, 0.1) is 38.6 Å². The summed E-state index contributed by atoms with van der Waals surface area (Å²) in [5.74, 6) is -0.00587. The minimum absolute atomic E-state index is 0.00587. The number of benzene rings is 1. The first-order valence-corrected chi connectivity index (χ1v) is 6.21. The van der Waals surface area contributed by atoms with E-state index < -0.39 is 6.10 Å². The van der Waals surface area contributed by atoms with Gasteiger partial charge < -0.3 is 19.3 Å². The lowest BCUT2D eigenvalue weighted by Gasteiger charge is -2.24. The summed E-state index contributed by atoms with van der Waals surface area (Å²) in [6.45, 7) is 1.92. The smallest absolute Gasteiger partial charge is 0.0888 e. The monoisotopic (exact) mass is 252 g/mol. The highest BCUT2D eigenvalue weighted by atomic mass is 16.5. The fourth-order valence-corrected chi connectivity index (χ4v) is 2.15. The van der Waals surface area contributed by atoms with Crippen molar-refractivity contribution in [3.8, 4) is 0 Å². The summed E-state index contributed by atoms with van der Waals surface area (Å²) in [5, 5.41) is 9.82. The lowest BCUT2D eigenvalue weighted by Crippen LogP contribution is -2.36. The summed E-state index contributed by atoms with van der Waals surface area (Å²) < 4.78 is 16.3. The van der Waals surface area contributed by atoms with Crippen LogP contribution in [0.2, 0.25) is 0 Å². The average molecular weight is 252 g/mol. The van der Waals surface area contributed by atoms with Crippen molar-refractivity contribution in [1.82, 2.24) is 0 Å². The number of aliphatic hydroxyl groups is 1. The van der Waals surface area contributed by atoms with Crippen molar-refractivity contribution in [3.63, 3.8) is 0 Å². The maximum absolute atomic E-state index is 9.82. The summed E-state index contributed by atoms with van der Waals surface area (Å²) in [7, 11) is 1.64. The van der Waals surface area contributed by atoms with Crippen molar-refractivity contribution >= 4 is 0 Å². The predicted octanol–water partition coefficient (Wildman–Crippen LogP) is 1.23. The second-order valence-electron chi connectivity index (χ2n) is 4.56. The first kappa shape index (κ1) is 13.5. The van der Waals surface area contributed by atoms with Gasteiger partial charge in [-0.1, -0.05) is 30.3 Å². The fraction of sp³-hybridized carbons (Fsp3) is 0.571. The molecule has 0 unspecified atom stereocenters. The van der Waals surface area contributed by atoms with Crippen molar-refractivity contribution in [3.05, 3.63) is 35.9 Å². The van der Waals surface area contributed by atoms with E-state index in [1.165, 1.54) is 0 Å². The molecule has 1 aliphatic rings. The molecule has 0 amide bonds. The molecule has 1 aromatic carbocycles. The molecule has 1 aliphatic heterocycles. The minimum atomic E-state index is -0.457. The van der Waals surface area contributed by atoms with Crippen LogP contribution in [0.1, 0.15) is 5.56 Å². The van der Waals surface area contributed by atoms with Gasteiger partial charge in [-0.25, -0.2) is 0 Å². The Morgan fingerprint density at radius 1 is 1.33 bits per heavy atom. The Kier molecular flexibility index (Phi) is 5.13. The van der Waals surface area contributed by atoms with Gasteiger partial charge in [0.25, 0.3) is 0 Å². The number of ether oxygens (including phenoxy) is 3. The third-order valence-corrected chi connectivity index (χ3v) is 3.21. The van der Waals surface area contributed by atoms with E-state index in [1.54, 1.807) is 7.11 Å². The normalized spacial score (nSPS) is 25.2. The molecule has 0 spiro atoms. The Morgan fingerprint density at radius 3 is 2.72 bits per heavy atom. The van der Waals surface area contributed by atoms with E-state index in [0.29, 0.717) is 26.4 Å². The van der Waals surface area contributed by atoms with Gasteiger partial charge in [0, 0.05) is 13.0 Å². The maximum Gasteiger partial charge on any atom is 0.0888 e. The molecular formula is C14H20O4. The molecule has 0 aliphatic carbocycles. The van der Waals surface area contributed by atoms with E-state index in [1.807, 2.05) is 30.3 Å². The van der Waals surface area contributed by atoms with Crippen molar-refractivity contribution in [2.45, 2.75) is 18.8 Å². The van der Waals surface area contributed by atoms with E-state index >= 15 is 0 Å². The molecule has 1 N–H and O–H groups in total. The lowest BCUT2D eigenvalue weighted by atomic mass is 9.99. The molecule has 0 radical (unpaired) electrons.